The van der Waals surface area contributed by atoms with Crippen LogP contribution in [0.5, 0.6) is 5.75 Å². The average molecular weight is 1120 g/mol. The molecule has 3 fully saturated rings. The molecule has 1 aromatic rings. The molecule has 0 aliphatic carbocycles. The van der Waals surface area contributed by atoms with Gasteiger partial charge in [-0.25, -0.2) is 5.43 Å². The largest absolute Gasteiger partial charge is 0.508 e. The van der Waals surface area contributed by atoms with Crippen LogP contribution in [0.4, 0.5) is 0 Å². The minimum Gasteiger partial charge on any atom is -0.508 e. The number of nitrogens with one attached hydrogen (secondary N) is 4. The number of phenolic OH excluding ortho intramolecular Hbond substituents is 1. The number of fused-ring (bicyclic) bond motifs is 2. The predicted molar refractivity (Wildman–Crippen MR) is 298 cm³/mol. The van der Waals surface area contributed by atoms with Gasteiger partial charge in [-0.05, 0) is 93.9 Å². The summed E-state index contributed by atoms with van der Waals surface area (Å²) in [6.07, 6.45) is 1.04. The van der Waals surface area contributed by atoms with Gasteiger partial charge in [0.25, 0.3) is 5.91 Å². The molecule has 11 N–H and O–H groups in total. The molecule has 20 heteroatoms. The molecule has 1 spiro atoms. The number of esters is 1. The van der Waals surface area contributed by atoms with Gasteiger partial charge in [-0.15, -0.1) is 0 Å². The SMILES string of the molecule is CC[C@H]1C[C@H](C)[C@@]2(NC1=O)O[C@@H](C[C@H](O)[C@@H](C)CC[C@H](O)[C@@H](O)/C=C(\C)[C@@H]1C/C=C/C=C/[C@H](O)[C@H](C)[C@@H](O)[C@@H](CCC(C)=O)C(=O)N[C@@H](C(C)C)C(=O)N[C@@H](Cc3cccc(O)c3)C(=O)N3CCCC(N3)C(=O)O1)[C@H](C)[C@H](O)[C@@H]2C. The number of piperidine rings is 1. The van der Waals surface area contributed by atoms with Gasteiger partial charge < -0.3 is 66.0 Å². The minimum absolute atomic E-state index is 0.0501. The quantitative estimate of drug-likeness (QED) is 0.0833. The first-order valence-corrected chi connectivity index (χ1v) is 28.9. The van der Waals surface area contributed by atoms with Crippen LogP contribution >= 0.6 is 0 Å². The van der Waals surface area contributed by atoms with E-state index < -0.39 is 114 Å². The summed E-state index contributed by atoms with van der Waals surface area (Å²) in [5, 5.41) is 88.7. The number of benzene rings is 1. The van der Waals surface area contributed by atoms with Crippen molar-refractivity contribution in [3.8, 4) is 5.75 Å². The van der Waals surface area contributed by atoms with E-state index in [0.717, 1.165) is 0 Å². The van der Waals surface area contributed by atoms with E-state index in [1.54, 1.807) is 52.0 Å². The third-order valence-electron chi connectivity index (χ3n) is 17.3. The Labute approximate surface area is 472 Å². The Hall–Kier alpha value is -5.06. The number of amides is 4. The van der Waals surface area contributed by atoms with Gasteiger partial charge in [0.15, 0.2) is 0 Å². The zero-order valence-corrected chi connectivity index (χ0v) is 48.5. The third-order valence-corrected chi connectivity index (χ3v) is 17.3. The van der Waals surface area contributed by atoms with Crippen LogP contribution in [0.15, 0.2) is 60.2 Å². The summed E-state index contributed by atoms with van der Waals surface area (Å²) < 4.78 is 12.8. The van der Waals surface area contributed by atoms with Gasteiger partial charge in [0.1, 0.15) is 41.5 Å². The number of ketones is 1. The summed E-state index contributed by atoms with van der Waals surface area (Å²) in [5.74, 6) is -7.27. The third kappa shape index (κ3) is 17.0. The summed E-state index contributed by atoms with van der Waals surface area (Å²) in [4.78, 5) is 82.3. The molecule has 4 aliphatic rings. The minimum atomic E-state index is -1.48. The highest BCUT2D eigenvalue weighted by Crippen LogP contribution is 2.46. The van der Waals surface area contributed by atoms with Crippen LogP contribution in [0, 0.1) is 47.3 Å². The number of aromatic hydroxyl groups is 1. The maximum atomic E-state index is 14.6. The second-order valence-electron chi connectivity index (χ2n) is 23.8. The second-order valence-corrected chi connectivity index (χ2v) is 23.8. The van der Waals surface area contributed by atoms with Crippen LogP contribution in [0.25, 0.3) is 0 Å². The molecule has 19 atom stereocenters. The van der Waals surface area contributed by atoms with Crippen LogP contribution in [0.1, 0.15) is 139 Å². The van der Waals surface area contributed by atoms with Gasteiger partial charge in [0.05, 0.1) is 48.6 Å². The summed E-state index contributed by atoms with van der Waals surface area (Å²) in [7, 11) is 0. The molecular formula is C60H93N5O15. The highest BCUT2D eigenvalue weighted by atomic mass is 16.5. The molecule has 5 rings (SSSR count). The lowest BCUT2D eigenvalue weighted by molar-refractivity contribution is -0.267. The van der Waals surface area contributed by atoms with Crippen LogP contribution in [0.2, 0.25) is 0 Å². The number of hydrogen-bond donors (Lipinski definition) is 11. The number of aliphatic hydroxyl groups is 6. The van der Waals surface area contributed by atoms with Crippen molar-refractivity contribution in [1.29, 1.82) is 0 Å². The number of Topliss-reactive ketones (excluding diaryl/α,β-unsaturated/α-hetero) is 1. The fraction of sp³-hybridized carbons (Fsp3) is 0.700. The van der Waals surface area contributed by atoms with Gasteiger partial charge in [-0.1, -0.05) is 97.9 Å². The molecule has 0 saturated carbocycles. The number of carbonyl (C=O) groups is 6. The first-order valence-electron chi connectivity index (χ1n) is 28.9. The Morgan fingerprint density at radius 2 is 1.61 bits per heavy atom. The smallest absolute Gasteiger partial charge is 0.325 e. The van der Waals surface area contributed by atoms with Crippen molar-refractivity contribution in [2.45, 2.75) is 213 Å². The number of rotatable bonds is 16. The Balaban J connectivity index is 1.36. The fourth-order valence-electron chi connectivity index (χ4n) is 11.6. The van der Waals surface area contributed by atoms with Crippen LogP contribution < -0.4 is 21.4 Å². The summed E-state index contributed by atoms with van der Waals surface area (Å²) in [5.41, 5.74) is 2.77. The van der Waals surface area contributed by atoms with Gasteiger partial charge in [-0.2, -0.15) is 0 Å². The lowest BCUT2D eigenvalue weighted by Gasteiger charge is -2.56. The molecular weight excluding hydrogens is 1030 g/mol. The maximum absolute atomic E-state index is 14.6. The van der Waals surface area contributed by atoms with Crippen molar-refractivity contribution in [3.05, 3.63) is 65.8 Å². The van der Waals surface area contributed by atoms with Crippen molar-refractivity contribution in [3.63, 3.8) is 0 Å². The molecule has 2 bridgehead atoms. The van der Waals surface area contributed by atoms with Crippen LogP contribution in [-0.2, 0) is 44.7 Å². The molecule has 4 heterocycles. The summed E-state index contributed by atoms with van der Waals surface area (Å²) in [6, 6.07) is 2.61. The zero-order chi connectivity index (χ0) is 59.3. The molecule has 1 aromatic carbocycles. The molecule has 1 unspecified atom stereocenters. The molecule has 20 nitrogen and oxygen atoms in total. The zero-order valence-electron chi connectivity index (χ0n) is 48.5. The van der Waals surface area contributed by atoms with E-state index in [2.05, 4.69) is 21.4 Å². The van der Waals surface area contributed by atoms with E-state index in [-0.39, 0.29) is 98.5 Å². The Bertz CT molecular complexity index is 2360. The first-order chi connectivity index (χ1) is 37.7. The van der Waals surface area contributed by atoms with Crippen molar-refractivity contribution in [2.24, 2.45) is 47.3 Å². The van der Waals surface area contributed by atoms with Gasteiger partial charge >= 0.3 is 5.97 Å². The van der Waals surface area contributed by atoms with E-state index in [9.17, 15) is 64.5 Å². The maximum Gasteiger partial charge on any atom is 0.325 e. The number of phenols is 1. The van der Waals surface area contributed by atoms with Crippen molar-refractivity contribution < 1.29 is 74.0 Å². The summed E-state index contributed by atoms with van der Waals surface area (Å²) >= 11 is 0. The van der Waals surface area contributed by atoms with Gasteiger partial charge in [0, 0.05) is 61.8 Å². The Morgan fingerprint density at radius 3 is 2.27 bits per heavy atom. The second kappa shape index (κ2) is 29.8. The molecule has 0 aromatic heterocycles. The van der Waals surface area contributed by atoms with Gasteiger partial charge in [-0.3, -0.25) is 29.0 Å². The molecule has 4 aliphatic heterocycles. The predicted octanol–water partition coefficient (Wildman–Crippen LogP) is 3.57. The molecule has 448 valence electrons. The van der Waals surface area contributed by atoms with Crippen molar-refractivity contribution in [1.82, 2.24) is 26.4 Å². The number of ether oxygens (including phenoxy) is 2. The van der Waals surface area contributed by atoms with Crippen molar-refractivity contribution in [2.75, 3.05) is 6.54 Å². The van der Waals surface area contributed by atoms with E-state index >= 15 is 0 Å². The van der Waals surface area contributed by atoms with E-state index in [1.807, 2.05) is 34.6 Å². The monoisotopic (exact) mass is 1120 g/mol. The molecule has 4 amide bonds. The number of hydrazine groups is 1. The highest BCUT2D eigenvalue weighted by molar-refractivity contribution is 5.93. The van der Waals surface area contributed by atoms with E-state index in [4.69, 9.17) is 9.47 Å². The number of allylic oxidation sites excluding steroid dienone is 2. The Morgan fingerprint density at radius 1 is 0.900 bits per heavy atom. The van der Waals surface area contributed by atoms with E-state index in [0.29, 0.717) is 36.8 Å². The lowest BCUT2D eigenvalue weighted by Crippen LogP contribution is -2.71. The number of cyclic esters (lactones) is 1. The van der Waals surface area contributed by atoms with Crippen LogP contribution in [-0.4, -0.2) is 155 Å². The molecule has 80 heavy (non-hydrogen) atoms. The van der Waals surface area contributed by atoms with Crippen molar-refractivity contribution >= 4 is 35.4 Å². The number of hydrogen-bond acceptors (Lipinski definition) is 16. The number of nitrogens with zero attached hydrogens (tertiary/aromatic N) is 1. The fourth-order valence-corrected chi connectivity index (χ4v) is 11.6. The normalized spacial score (nSPS) is 35.1. The van der Waals surface area contributed by atoms with E-state index in [1.165, 1.54) is 42.3 Å². The Kier molecular flexibility index (Phi) is 24.5. The lowest BCUT2D eigenvalue weighted by atomic mass is 9.69. The number of aliphatic hydroxyl groups excluding tert-OH is 6. The molecule has 0 radical (unpaired) electrons. The topological polar surface area (TPSA) is 314 Å². The number of carbonyl (C=O) groups excluding carboxylic acids is 6. The first kappa shape index (κ1) is 65.7. The standard InChI is InChI=1S/C60H93N5O15/c1-11-41-28-35(6)60(63-55(41)74)39(10)53(72)38(9)51(80-60)31-48(70)33(4)22-25-47(69)49(71)27-34(5)50-21-14-12-13-20-46(68)37(8)54(73)43(24-23-36(7)66)56(75)62-52(32(2)3)57(76)61-45(30-40-17-15-18-42(67)29-40)58(77)65-26-16-19-44(64-65)59(78)79-50/h12-15,17-18,20,27,29,32-33,35,37-39,41,43-54,64,67-73H,11,16,19,21-26,28,30-31H2,1-10H3,(H,61,76)(H,62,75)(H,63,74)/b14-12+,20-13+,34-27+/t33-,35-,37-,38-,39-,41-,43+,44?,45-,46-,47-,48-,49-,50-,51-,52-,53-,54+,60+/m0/s1. The highest BCUT2D eigenvalue weighted by Gasteiger charge is 2.57. The summed E-state index contributed by atoms with van der Waals surface area (Å²) in [6.45, 7) is 17.6. The molecule has 3 saturated heterocycles. The van der Waals surface area contributed by atoms with Crippen LogP contribution in [0.3, 0.4) is 0 Å². The average Bonchev–Trinajstić information content (AvgIpc) is 3.41. The van der Waals surface area contributed by atoms with Gasteiger partial charge in [0.2, 0.25) is 17.7 Å².